The minimum atomic E-state index is -1.16. The van der Waals surface area contributed by atoms with E-state index in [0.717, 1.165) is 0 Å². The van der Waals surface area contributed by atoms with Crippen LogP contribution in [0.1, 0.15) is 27.1 Å². The molecule has 0 amide bonds. The molecule has 0 aliphatic carbocycles. The summed E-state index contributed by atoms with van der Waals surface area (Å²) in [6.07, 6.45) is -2.82. The third-order valence-corrected chi connectivity index (χ3v) is 4.13. The van der Waals surface area contributed by atoms with Crippen LogP contribution in [0.15, 0.2) is 60.7 Å². The highest BCUT2D eigenvalue weighted by Crippen LogP contribution is 2.25. The van der Waals surface area contributed by atoms with E-state index in [1.807, 2.05) is 0 Å². The Balaban J connectivity index is 1.64. The second-order valence-corrected chi connectivity index (χ2v) is 6.01. The van der Waals surface area contributed by atoms with Crippen LogP contribution in [0.25, 0.3) is 0 Å². The Kier molecular flexibility index (Phi) is 5.83. The molecule has 3 atom stereocenters. The quantitative estimate of drug-likeness (QED) is 0.779. The van der Waals surface area contributed by atoms with Crippen molar-refractivity contribution < 1.29 is 33.7 Å². The van der Waals surface area contributed by atoms with Crippen molar-refractivity contribution in [2.24, 2.45) is 0 Å². The summed E-state index contributed by atoms with van der Waals surface area (Å²) in [5, 5.41) is 9.18. The monoisotopic (exact) mass is 370 g/mol. The van der Waals surface area contributed by atoms with Crippen LogP contribution in [0.3, 0.4) is 0 Å². The average Bonchev–Trinajstić information content (AvgIpc) is 3.10. The Bertz CT molecular complexity index is 804. The lowest BCUT2D eigenvalue weighted by molar-refractivity contribution is -0.150. The molecule has 0 bridgehead atoms. The smallest absolute Gasteiger partial charge is 0.338 e. The molecule has 1 aliphatic heterocycles. The first-order valence-corrected chi connectivity index (χ1v) is 8.41. The van der Waals surface area contributed by atoms with Gasteiger partial charge in [-0.15, -0.1) is 0 Å². The molecule has 1 saturated heterocycles. The first-order chi connectivity index (χ1) is 13.0. The SMILES string of the molecule is O=C(OC[C@H]1O[C@@H](C(=O)O)C[C@@H]1OC(=O)c1ccccc1)c1ccccc1. The third-order valence-electron chi connectivity index (χ3n) is 4.13. The number of carboxylic acid groups (broad SMARTS) is 1. The highest BCUT2D eigenvalue weighted by Gasteiger charge is 2.42. The van der Waals surface area contributed by atoms with Crippen LogP contribution in [-0.2, 0) is 19.0 Å². The summed E-state index contributed by atoms with van der Waals surface area (Å²) in [6.45, 7) is -0.218. The summed E-state index contributed by atoms with van der Waals surface area (Å²) in [6, 6.07) is 16.7. The maximum Gasteiger partial charge on any atom is 0.338 e. The Hall–Kier alpha value is -3.19. The van der Waals surface area contributed by atoms with Gasteiger partial charge in [-0.2, -0.15) is 0 Å². The zero-order valence-electron chi connectivity index (χ0n) is 14.3. The number of carbonyl (C=O) groups is 3. The predicted octanol–water partition coefficient (Wildman–Crippen LogP) is 2.31. The van der Waals surface area contributed by atoms with Gasteiger partial charge in [-0.25, -0.2) is 14.4 Å². The van der Waals surface area contributed by atoms with Crippen molar-refractivity contribution in [1.82, 2.24) is 0 Å². The number of rotatable bonds is 6. The Morgan fingerprint density at radius 1 is 0.926 bits per heavy atom. The Morgan fingerprint density at radius 3 is 2.04 bits per heavy atom. The van der Waals surface area contributed by atoms with Crippen molar-refractivity contribution in [1.29, 1.82) is 0 Å². The van der Waals surface area contributed by atoms with E-state index >= 15 is 0 Å². The molecule has 0 radical (unpaired) electrons. The van der Waals surface area contributed by atoms with Crippen molar-refractivity contribution in [2.75, 3.05) is 6.61 Å². The zero-order chi connectivity index (χ0) is 19.2. The van der Waals surface area contributed by atoms with Gasteiger partial charge in [0.1, 0.15) is 18.8 Å². The summed E-state index contributed by atoms with van der Waals surface area (Å²) in [5.74, 6) is -2.31. The number of hydrogen-bond donors (Lipinski definition) is 1. The fourth-order valence-electron chi connectivity index (χ4n) is 2.74. The van der Waals surface area contributed by atoms with Crippen molar-refractivity contribution in [3.8, 4) is 0 Å². The number of hydrogen-bond acceptors (Lipinski definition) is 6. The molecular formula is C20H18O7. The maximum absolute atomic E-state index is 12.2. The van der Waals surface area contributed by atoms with Gasteiger partial charge in [0.05, 0.1) is 11.1 Å². The molecular weight excluding hydrogens is 352 g/mol. The lowest BCUT2D eigenvalue weighted by Crippen LogP contribution is -2.32. The first-order valence-electron chi connectivity index (χ1n) is 8.41. The molecule has 0 unspecified atom stereocenters. The number of benzene rings is 2. The van der Waals surface area contributed by atoms with Gasteiger partial charge in [0.15, 0.2) is 6.10 Å². The third kappa shape index (κ3) is 4.71. The molecule has 27 heavy (non-hydrogen) atoms. The first kappa shape index (κ1) is 18.6. The van der Waals surface area contributed by atoms with E-state index in [9.17, 15) is 19.5 Å². The highest BCUT2D eigenvalue weighted by molar-refractivity contribution is 5.90. The molecule has 7 nitrogen and oxygen atoms in total. The van der Waals surface area contributed by atoms with Gasteiger partial charge in [-0.3, -0.25) is 0 Å². The maximum atomic E-state index is 12.2. The summed E-state index contributed by atoms with van der Waals surface area (Å²) in [4.78, 5) is 35.5. The van der Waals surface area contributed by atoms with E-state index in [4.69, 9.17) is 14.2 Å². The molecule has 1 N–H and O–H groups in total. The summed E-state index contributed by atoms with van der Waals surface area (Å²) in [5.41, 5.74) is 0.708. The average molecular weight is 370 g/mol. The topological polar surface area (TPSA) is 99.1 Å². The molecule has 3 rings (SSSR count). The minimum absolute atomic E-state index is 0.0124. The number of aliphatic carboxylic acids is 1. The molecule has 7 heteroatoms. The van der Waals surface area contributed by atoms with Crippen LogP contribution in [-0.4, -0.2) is 47.9 Å². The van der Waals surface area contributed by atoms with Gasteiger partial charge in [0.25, 0.3) is 0 Å². The van der Waals surface area contributed by atoms with E-state index in [-0.39, 0.29) is 13.0 Å². The van der Waals surface area contributed by atoms with E-state index in [1.54, 1.807) is 60.7 Å². The van der Waals surface area contributed by atoms with Crippen molar-refractivity contribution in [2.45, 2.75) is 24.7 Å². The van der Waals surface area contributed by atoms with Crippen LogP contribution in [0.4, 0.5) is 0 Å². The molecule has 2 aromatic rings. The van der Waals surface area contributed by atoms with Gasteiger partial charge in [0, 0.05) is 6.42 Å². The Morgan fingerprint density at radius 2 is 1.48 bits per heavy atom. The molecule has 0 aromatic heterocycles. The summed E-state index contributed by atoms with van der Waals surface area (Å²) < 4.78 is 16.0. The van der Waals surface area contributed by atoms with Crippen LogP contribution < -0.4 is 0 Å². The number of ether oxygens (including phenoxy) is 3. The molecule has 1 fully saturated rings. The lowest BCUT2D eigenvalue weighted by atomic mass is 10.1. The van der Waals surface area contributed by atoms with E-state index in [1.165, 1.54) is 0 Å². The van der Waals surface area contributed by atoms with Gasteiger partial charge in [-0.1, -0.05) is 36.4 Å². The van der Waals surface area contributed by atoms with Crippen molar-refractivity contribution >= 4 is 17.9 Å². The van der Waals surface area contributed by atoms with Gasteiger partial charge in [-0.05, 0) is 24.3 Å². The summed E-state index contributed by atoms with van der Waals surface area (Å²) in [7, 11) is 0. The van der Waals surface area contributed by atoms with Crippen LogP contribution in [0.5, 0.6) is 0 Å². The molecule has 1 aliphatic rings. The van der Waals surface area contributed by atoms with Crippen molar-refractivity contribution in [3.63, 3.8) is 0 Å². The highest BCUT2D eigenvalue weighted by atomic mass is 16.6. The van der Waals surface area contributed by atoms with Gasteiger partial charge in [0.2, 0.25) is 0 Å². The normalized spacial score (nSPS) is 21.4. The standard InChI is InChI=1S/C20H18O7/c21-18(22)16-11-15(27-20(24)14-9-5-2-6-10-14)17(26-16)12-25-19(23)13-7-3-1-4-8-13/h1-10,15-17H,11-12H2,(H,21,22)/t15-,16+,17+/m0/s1. The van der Waals surface area contributed by atoms with Crippen LogP contribution in [0.2, 0.25) is 0 Å². The largest absolute Gasteiger partial charge is 0.479 e. The minimum Gasteiger partial charge on any atom is -0.479 e. The molecule has 2 aromatic carbocycles. The molecule has 0 saturated carbocycles. The summed E-state index contributed by atoms with van der Waals surface area (Å²) >= 11 is 0. The molecule has 0 spiro atoms. The fraction of sp³-hybridized carbons (Fsp3) is 0.250. The van der Waals surface area contributed by atoms with E-state index < -0.39 is 36.2 Å². The lowest BCUT2D eigenvalue weighted by Gasteiger charge is -2.19. The zero-order valence-corrected chi connectivity index (χ0v) is 14.3. The second kappa shape index (κ2) is 8.46. The fourth-order valence-corrected chi connectivity index (χ4v) is 2.74. The second-order valence-electron chi connectivity index (χ2n) is 6.01. The molecule has 1 heterocycles. The van der Waals surface area contributed by atoms with Crippen LogP contribution >= 0.6 is 0 Å². The number of esters is 2. The van der Waals surface area contributed by atoms with E-state index in [0.29, 0.717) is 11.1 Å². The van der Waals surface area contributed by atoms with Crippen LogP contribution in [0, 0.1) is 0 Å². The number of carbonyl (C=O) groups excluding carboxylic acids is 2. The number of carboxylic acids is 1. The van der Waals surface area contributed by atoms with E-state index in [2.05, 4.69) is 0 Å². The Labute approximate surface area is 155 Å². The van der Waals surface area contributed by atoms with Crippen molar-refractivity contribution in [3.05, 3.63) is 71.8 Å². The van der Waals surface area contributed by atoms with Gasteiger partial charge >= 0.3 is 17.9 Å². The molecule has 140 valence electrons. The van der Waals surface area contributed by atoms with Gasteiger partial charge < -0.3 is 19.3 Å². The predicted molar refractivity (Wildman–Crippen MR) is 93.3 cm³/mol.